The molecule has 5 nitrogen and oxygen atoms in total. The number of rotatable bonds is 8. The Kier molecular flexibility index (Phi) is 9.53. The zero-order valence-corrected chi connectivity index (χ0v) is 15.0. The molecule has 0 spiro atoms. The lowest BCUT2D eigenvalue weighted by molar-refractivity contribution is -0.134. The Morgan fingerprint density at radius 2 is 1.83 bits per heavy atom. The maximum atomic E-state index is 12.2. The highest BCUT2D eigenvalue weighted by molar-refractivity contribution is 5.89. The lowest BCUT2D eigenvalue weighted by atomic mass is 9.96. The molecular weight excluding hydrogens is 314 g/mol. The van der Waals surface area contributed by atoms with Gasteiger partial charge in [-0.2, -0.15) is 0 Å². The summed E-state index contributed by atoms with van der Waals surface area (Å²) >= 11 is 0. The van der Waals surface area contributed by atoms with Crippen molar-refractivity contribution in [1.82, 2.24) is 10.2 Å². The van der Waals surface area contributed by atoms with Gasteiger partial charge in [-0.1, -0.05) is 43.7 Å². The molecule has 0 aliphatic carbocycles. The Hall–Kier alpha value is -1.59. The van der Waals surface area contributed by atoms with Crippen molar-refractivity contribution in [3.8, 4) is 0 Å². The summed E-state index contributed by atoms with van der Waals surface area (Å²) in [5.41, 5.74) is 6.10. The first kappa shape index (κ1) is 21.4. The van der Waals surface area contributed by atoms with Crippen molar-refractivity contribution in [2.75, 3.05) is 13.1 Å². The molecule has 0 aliphatic rings. The average molecular weight is 342 g/mol. The van der Waals surface area contributed by atoms with Gasteiger partial charge in [-0.3, -0.25) is 9.59 Å². The largest absolute Gasteiger partial charge is 0.345 e. The molecule has 0 fully saturated rings. The van der Waals surface area contributed by atoms with Gasteiger partial charge in [0, 0.05) is 13.1 Å². The molecule has 0 aromatic heterocycles. The quantitative estimate of drug-likeness (QED) is 0.760. The fourth-order valence-corrected chi connectivity index (χ4v) is 2.28. The fourth-order valence-electron chi connectivity index (χ4n) is 2.28. The van der Waals surface area contributed by atoms with Crippen molar-refractivity contribution in [3.63, 3.8) is 0 Å². The number of likely N-dealkylation sites (N-methyl/N-ethyl adjacent to an activating group) is 1. The molecule has 1 aromatic rings. The predicted octanol–water partition coefficient (Wildman–Crippen LogP) is 2.09. The summed E-state index contributed by atoms with van der Waals surface area (Å²) in [7, 11) is 0. The average Bonchev–Trinajstić information content (AvgIpc) is 2.50. The first-order chi connectivity index (χ1) is 10.4. The molecule has 130 valence electrons. The van der Waals surface area contributed by atoms with Gasteiger partial charge in [-0.05, 0) is 25.8 Å². The number of carbonyl (C=O) groups excluding carboxylic acids is 2. The van der Waals surface area contributed by atoms with Crippen LogP contribution in [0.1, 0.15) is 39.2 Å². The van der Waals surface area contributed by atoms with E-state index in [9.17, 15) is 9.59 Å². The monoisotopic (exact) mass is 341 g/mol. The number of hydrogen-bond donors (Lipinski definition) is 2. The van der Waals surface area contributed by atoms with Crippen LogP contribution in [0.4, 0.5) is 0 Å². The number of benzene rings is 1. The Morgan fingerprint density at radius 3 is 2.35 bits per heavy atom. The zero-order chi connectivity index (χ0) is 16.6. The Labute approximate surface area is 145 Å². The SMILES string of the molecule is CCCC(C)(N)C(=O)NCC(=O)N(CC)Cc1ccccc1.Cl. The van der Waals surface area contributed by atoms with Crippen LogP contribution in [0.2, 0.25) is 0 Å². The fraction of sp³-hybridized carbons (Fsp3) is 0.529. The van der Waals surface area contributed by atoms with E-state index in [1.807, 2.05) is 44.2 Å². The number of halogens is 1. The Bertz CT molecular complexity index is 492. The van der Waals surface area contributed by atoms with Crippen LogP contribution in [0.5, 0.6) is 0 Å². The molecule has 2 amide bonds. The number of nitrogens with zero attached hydrogens (tertiary/aromatic N) is 1. The Morgan fingerprint density at radius 1 is 1.22 bits per heavy atom. The molecular formula is C17H28ClN3O2. The standard InChI is InChI=1S/C17H27N3O2.ClH/c1-4-11-17(3,18)16(22)19-12-15(21)20(5-2)13-14-9-7-6-8-10-14;/h6-10H,4-5,11-13,18H2,1-3H3,(H,19,22);1H. The van der Waals surface area contributed by atoms with Crippen molar-refractivity contribution in [2.45, 2.75) is 45.7 Å². The first-order valence-electron chi connectivity index (χ1n) is 7.79. The van der Waals surface area contributed by atoms with Gasteiger partial charge in [0.05, 0.1) is 12.1 Å². The summed E-state index contributed by atoms with van der Waals surface area (Å²) in [6, 6.07) is 9.79. The van der Waals surface area contributed by atoms with Crippen molar-refractivity contribution >= 4 is 24.2 Å². The summed E-state index contributed by atoms with van der Waals surface area (Å²) in [5.74, 6) is -0.384. The maximum absolute atomic E-state index is 12.2. The van der Waals surface area contributed by atoms with Crippen LogP contribution < -0.4 is 11.1 Å². The number of amides is 2. The van der Waals surface area contributed by atoms with E-state index >= 15 is 0 Å². The molecule has 3 N–H and O–H groups in total. The normalized spacial score (nSPS) is 12.7. The van der Waals surface area contributed by atoms with E-state index in [1.165, 1.54) is 0 Å². The second-order valence-electron chi connectivity index (χ2n) is 5.74. The van der Waals surface area contributed by atoms with E-state index in [4.69, 9.17) is 5.73 Å². The summed E-state index contributed by atoms with van der Waals surface area (Å²) in [6.07, 6.45) is 1.41. The summed E-state index contributed by atoms with van der Waals surface area (Å²) in [4.78, 5) is 26.0. The van der Waals surface area contributed by atoms with Crippen molar-refractivity contribution in [3.05, 3.63) is 35.9 Å². The van der Waals surface area contributed by atoms with E-state index in [2.05, 4.69) is 5.32 Å². The highest BCUT2D eigenvalue weighted by Crippen LogP contribution is 2.08. The van der Waals surface area contributed by atoms with Gasteiger partial charge in [0.2, 0.25) is 11.8 Å². The highest BCUT2D eigenvalue weighted by Gasteiger charge is 2.27. The minimum atomic E-state index is -0.925. The van der Waals surface area contributed by atoms with E-state index in [0.29, 0.717) is 19.5 Å². The number of hydrogen-bond acceptors (Lipinski definition) is 3. The summed E-state index contributed by atoms with van der Waals surface area (Å²) in [6.45, 7) is 6.71. The second kappa shape index (κ2) is 10.2. The predicted molar refractivity (Wildman–Crippen MR) is 95.3 cm³/mol. The van der Waals surface area contributed by atoms with Crippen molar-refractivity contribution in [2.24, 2.45) is 5.73 Å². The number of nitrogens with one attached hydrogen (secondary N) is 1. The van der Waals surface area contributed by atoms with Gasteiger partial charge in [-0.25, -0.2) is 0 Å². The third-order valence-corrected chi connectivity index (χ3v) is 3.64. The van der Waals surface area contributed by atoms with E-state index in [0.717, 1.165) is 12.0 Å². The number of nitrogens with two attached hydrogens (primary N) is 1. The molecule has 0 radical (unpaired) electrons. The number of carbonyl (C=O) groups is 2. The van der Waals surface area contributed by atoms with Gasteiger partial charge >= 0.3 is 0 Å². The summed E-state index contributed by atoms with van der Waals surface area (Å²) < 4.78 is 0. The molecule has 1 unspecified atom stereocenters. The molecule has 0 aliphatic heterocycles. The van der Waals surface area contributed by atoms with E-state index in [-0.39, 0.29) is 30.8 Å². The van der Waals surface area contributed by atoms with Gasteiger partial charge in [0.25, 0.3) is 0 Å². The van der Waals surface area contributed by atoms with Crippen LogP contribution in [-0.2, 0) is 16.1 Å². The molecule has 23 heavy (non-hydrogen) atoms. The topological polar surface area (TPSA) is 75.4 Å². The lowest BCUT2D eigenvalue weighted by Crippen LogP contribution is -2.53. The molecule has 1 aromatic carbocycles. The van der Waals surface area contributed by atoms with Crippen LogP contribution in [0.25, 0.3) is 0 Å². The third kappa shape index (κ3) is 7.01. The minimum absolute atomic E-state index is 0. The molecule has 0 bridgehead atoms. The van der Waals surface area contributed by atoms with Crippen LogP contribution in [0.15, 0.2) is 30.3 Å². The van der Waals surface area contributed by atoms with Crippen LogP contribution in [0.3, 0.4) is 0 Å². The van der Waals surface area contributed by atoms with Crippen molar-refractivity contribution < 1.29 is 9.59 Å². The first-order valence-corrected chi connectivity index (χ1v) is 7.79. The van der Waals surface area contributed by atoms with E-state index < -0.39 is 5.54 Å². The third-order valence-electron chi connectivity index (χ3n) is 3.64. The van der Waals surface area contributed by atoms with Crippen LogP contribution in [0, 0.1) is 0 Å². The molecule has 0 heterocycles. The van der Waals surface area contributed by atoms with Gasteiger partial charge in [0.15, 0.2) is 0 Å². The van der Waals surface area contributed by atoms with Gasteiger partial charge < -0.3 is 16.0 Å². The lowest BCUT2D eigenvalue weighted by Gasteiger charge is -2.25. The Balaban J connectivity index is 0.00000484. The minimum Gasteiger partial charge on any atom is -0.345 e. The molecule has 0 saturated carbocycles. The smallest absolute Gasteiger partial charge is 0.242 e. The molecule has 1 rings (SSSR count). The highest BCUT2D eigenvalue weighted by atomic mass is 35.5. The summed E-state index contributed by atoms with van der Waals surface area (Å²) in [5, 5.41) is 2.65. The van der Waals surface area contributed by atoms with Crippen molar-refractivity contribution in [1.29, 1.82) is 0 Å². The maximum Gasteiger partial charge on any atom is 0.242 e. The zero-order valence-electron chi connectivity index (χ0n) is 14.2. The molecule has 1 atom stereocenters. The second-order valence-corrected chi connectivity index (χ2v) is 5.74. The molecule has 0 saturated heterocycles. The van der Waals surface area contributed by atoms with Gasteiger partial charge in [0.1, 0.15) is 0 Å². The van der Waals surface area contributed by atoms with Gasteiger partial charge in [-0.15, -0.1) is 12.4 Å². The van der Waals surface area contributed by atoms with Crippen LogP contribution >= 0.6 is 12.4 Å². The molecule has 6 heteroatoms. The van der Waals surface area contributed by atoms with Crippen LogP contribution in [-0.4, -0.2) is 35.3 Å². The van der Waals surface area contributed by atoms with E-state index in [1.54, 1.807) is 11.8 Å².